The highest BCUT2D eigenvalue weighted by Crippen LogP contribution is 2.30. The van der Waals surface area contributed by atoms with Crippen molar-refractivity contribution in [2.75, 3.05) is 0 Å². The van der Waals surface area contributed by atoms with E-state index in [0.717, 1.165) is 0 Å². The third-order valence-corrected chi connectivity index (χ3v) is 2.72. The maximum absolute atomic E-state index is 11.6. The summed E-state index contributed by atoms with van der Waals surface area (Å²) in [5.74, 6) is -1.23. The second kappa shape index (κ2) is 4.52. The van der Waals surface area contributed by atoms with Crippen molar-refractivity contribution in [1.29, 1.82) is 0 Å². The number of amides is 1. The molecule has 0 saturated heterocycles. The van der Waals surface area contributed by atoms with Crippen molar-refractivity contribution in [2.45, 2.75) is 57.3 Å². The molecule has 0 heterocycles. The zero-order chi connectivity index (χ0) is 13.3. The molecule has 0 unspecified atom stereocenters. The normalized spacial score (nSPS) is 28.8. The van der Waals surface area contributed by atoms with Gasteiger partial charge in [-0.1, -0.05) is 0 Å². The number of alkyl carbamates (subject to hydrolysis) is 1. The van der Waals surface area contributed by atoms with Gasteiger partial charge in [0, 0.05) is 0 Å². The molecule has 0 aromatic heterocycles. The summed E-state index contributed by atoms with van der Waals surface area (Å²) in [5.41, 5.74) is -2.31. The molecule has 0 aromatic carbocycles. The molecule has 2 atom stereocenters. The largest absolute Gasteiger partial charge is 0.479 e. The number of nitrogens with one attached hydrogen (secondary N) is 1. The van der Waals surface area contributed by atoms with Crippen LogP contribution < -0.4 is 5.32 Å². The number of hydrogen-bond donors (Lipinski definition) is 3. The van der Waals surface area contributed by atoms with E-state index in [0.29, 0.717) is 12.8 Å². The van der Waals surface area contributed by atoms with E-state index in [-0.39, 0.29) is 6.42 Å². The molecule has 0 aromatic rings. The first kappa shape index (κ1) is 13.8. The van der Waals surface area contributed by atoms with Gasteiger partial charge in [0.25, 0.3) is 0 Å². The molecule has 6 nitrogen and oxygen atoms in total. The third-order valence-electron chi connectivity index (χ3n) is 2.72. The number of carboxylic acids is 1. The molecule has 1 aliphatic carbocycles. The topological polar surface area (TPSA) is 95.9 Å². The van der Waals surface area contributed by atoms with Crippen molar-refractivity contribution in [2.24, 2.45) is 0 Å². The Morgan fingerprint density at radius 2 is 2.00 bits per heavy atom. The summed E-state index contributed by atoms with van der Waals surface area (Å²) in [6, 6.07) is 0. The van der Waals surface area contributed by atoms with Crippen molar-refractivity contribution in [3.05, 3.63) is 0 Å². The molecular weight excluding hydrogens is 226 g/mol. The van der Waals surface area contributed by atoms with Crippen LogP contribution in [0.25, 0.3) is 0 Å². The lowest BCUT2D eigenvalue weighted by Gasteiger charge is -2.30. The van der Waals surface area contributed by atoms with Gasteiger partial charge < -0.3 is 20.3 Å². The van der Waals surface area contributed by atoms with E-state index in [4.69, 9.17) is 9.84 Å². The Morgan fingerprint density at radius 3 is 2.35 bits per heavy atom. The summed E-state index contributed by atoms with van der Waals surface area (Å²) < 4.78 is 5.00. The van der Waals surface area contributed by atoms with Crippen molar-refractivity contribution in [1.82, 2.24) is 5.32 Å². The lowest BCUT2D eigenvalue weighted by Crippen LogP contribution is -2.60. The van der Waals surface area contributed by atoms with Crippen LogP contribution in [0.3, 0.4) is 0 Å². The highest BCUT2D eigenvalue weighted by Gasteiger charge is 2.50. The van der Waals surface area contributed by atoms with Gasteiger partial charge in [0.2, 0.25) is 0 Å². The van der Waals surface area contributed by atoms with Gasteiger partial charge in [-0.15, -0.1) is 0 Å². The fraction of sp³-hybridized carbons (Fsp3) is 0.818. The fourth-order valence-electron chi connectivity index (χ4n) is 1.92. The van der Waals surface area contributed by atoms with Gasteiger partial charge in [-0.3, -0.25) is 0 Å². The molecule has 1 aliphatic rings. The van der Waals surface area contributed by atoms with Crippen LogP contribution in [-0.2, 0) is 9.53 Å². The Morgan fingerprint density at radius 1 is 1.41 bits per heavy atom. The number of aliphatic carboxylic acids is 1. The molecule has 1 rings (SSSR count). The van der Waals surface area contributed by atoms with Gasteiger partial charge in [-0.2, -0.15) is 0 Å². The molecule has 0 radical (unpaired) electrons. The molecule has 0 spiro atoms. The minimum absolute atomic E-state index is 0.211. The van der Waals surface area contributed by atoms with Crippen molar-refractivity contribution in [3.63, 3.8) is 0 Å². The zero-order valence-corrected chi connectivity index (χ0v) is 10.3. The van der Waals surface area contributed by atoms with Gasteiger partial charge in [-0.25, -0.2) is 9.59 Å². The Hall–Kier alpha value is -1.30. The van der Waals surface area contributed by atoms with E-state index in [9.17, 15) is 14.7 Å². The lowest BCUT2D eigenvalue weighted by molar-refractivity contribution is -0.148. The standard InChI is InChI=1S/C11H19NO5/c1-10(2,3)17-9(16)12-11(8(14)15)6-4-5-7(11)13/h7,13H,4-6H2,1-3H3,(H,12,16)(H,14,15)/t7-,11+/m0/s1. The number of carboxylic acid groups (broad SMARTS) is 1. The summed E-state index contributed by atoms with van der Waals surface area (Å²) >= 11 is 0. The highest BCUT2D eigenvalue weighted by molar-refractivity contribution is 5.85. The fourth-order valence-corrected chi connectivity index (χ4v) is 1.92. The van der Waals surface area contributed by atoms with Gasteiger partial charge in [0.05, 0.1) is 6.10 Å². The molecule has 6 heteroatoms. The number of aliphatic hydroxyl groups excluding tert-OH is 1. The molecule has 17 heavy (non-hydrogen) atoms. The SMILES string of the molecule is CC(C)(C)OC(=O)N[C@]1(C(=O)O)CCC[C@@H]1O. The average molecular weight is 245 g/mol. The minimum Gasteiger partial charge on any atom is -0.479 e. The third kappa shape index (κ3) is 3.09. The summed E-state index contributed by atoms with van der Waals surface area (Å²) in [5, 5.41) is 21.1. The molecule has 1 fully saturated rings. The monoisotopic (exact) mass is 245 g/mol. The molecule has 3 N–H and O–H groups in total. The van der Waals surface area contributed by atoms with E-state index >= 15 is 0 Å². The van der Waals surface area contributed by atoms with Crippen molar-refractivity contribution >= 4 is 12.1 Å². The average Bonchev–Trinajstić information content (AvgIpc) is 2.45. The molecular formula is C11H19NO5. The van der Waals surface area contributed by atoms with Crippen LogP contribution in [0.1, 0.15) is 40.0 Å². The first-order valence-corrected chi connectivity index (χ1v) is 5.60. The lowest BCUT2D eigenvalue weighted by atomic mass is 9.95. The second-order valence-electron chi connectivity index (χ2n) is 5.31. The van der Waals surface area contributed by atoms with Crippen LogP contribution in [-0.4, -0.2) is 39.5 Å². The predicted octanol–water partition coefficient (Wildman–Crippen LogP) is 0.879. The summed E-state index contributed by atoms with van der Waals surface area (Å²) in [7, 11) is 0. The summed E-state index contributed by atoms with van der Waals surface area (Å²) in [6.07, 6.45) is -0.762. The Bertz CT molecular complexity index is 322. The maximum Gasteiger partial charge on any atom is 0.408 e. The van der Waals surface area contributed by atoms with E-state index in [1.165, 1.54) is 0 Å². The predicted molar refractivity (Wildman–Crippen MR) is 59.6 cm³/mol. The Labute approximate surface area is 100.0 Å². The maximum atomic E-state index is 11.6. The molecule has 0 aliphatic heterocycles. The van der Waals surface area contributed by atoms with Crippen LogP contribution in [0.4, 0.5) is 4.79 Å². The molecule has 1 saturated carbocycles. The number of carbonyl (C=O) groups excluding carboxylic acids is 1. The second-order valence-corrected chi connectivity index (χ2v) is 5.31. The van der Waals surface area contributed by atoms with Gasteiger partial charge in [-0.05, 0) is 40.0 Å². The molecule has 1 amide bonds. The summed E-state index contributed by atoms with van der Waals surface area (Å²) in [6.45, 7) is 5.06. The number of carbonyl (C=O) groups is 2. The number of hydrogen-bond acceptors (Lipinski definition) is 4. The zero-order valence-electron chi connectivity index (χ0n) is 10.3. The highest BCUT2D eigenvalue weighted by atomic mass is 16.6. The van der Waals surface area contributed by atoms with Gasteiger partial charge in [0.15, 0.2) is 5.54 Å². The first-order valence-electron chi connectivity index (χ1n) is 5.60. The van der Waals surface area contributed by atoms with E-state index < -0.39 is 29.3 Å². The van der Waals surface area contributed by atoms with Crippen molar-refractivity contribution in [3.8, 4) is 0 Å². The smallest absolute Gasteiger partial charge is 0.408 e. The van der Waals surface area contributed by atoms with Gasteiger partial charge >= 0.3 is 12.1 Å². The Balaban J connectivity index is 2.75. The number of rotatable bonds is 2. The van der Waals surface area contributed by atoms with Crippen LogP contribution in [0.15, 0.2) is 0 Å². The molecule has 98 valence electrons. The number of aliphatic hydroxyl groups is 1. The quantitative estimate of drug-likeness (QED) is 0.671. The van der Waals surface area contributed by atoms with E-state index in [1.54, 1.807) is 20.8 Å². The number of ether oxygens (including phenoxy) is 1. The van der Waals surface area contributed by atoms with E-state index in [1.807, 2.05) is 0 Å². The summed E-state index contributed by atoms with van der Waals surface area (Å²) in [4.78, 5) is 22.8. The van der Waals surface area contributed by atoms with Crippen molar-refractivity contribution < 1.29 is 24.5 Å². The van der Waals surface area contributed by atoms with E-state index in [2.05, 4.69) is 5.32 Å². The molecule has 0 bridgehead atoms. The minimum atomic E-state index is -1.61. The van der Waals surface area contributed by atoms with Crippen LogP contribution in [0.2, 0.25) is 0 Å². The van der Waals surface area contributed by atoms with Gasteiger partial charge in [0.1, 0.15) is 5.60 Å². The first-order chi connectivity index (χ1) is 7.67. The Kier molecular flexibility index (Phi) is 3.66. The van der Waals surface area contributed by atoms with Crippen LogP contribution in [0, 0.1) is 0 Å². The van der Waals surface area contributed by atoms with Crippen LogP contribution in [0.5, 0.6) is 0 Å². The van der Waals surface area contributed by atoms with Crippen LogP contribution >= 0.6 is 0 Å².